The monoisotopic (exact) mass is 557 g/mol. The van der Waals surface area contributed by atoms with E-state index >= 15 is 0 Å². The summed E-state index contributed by atoms with van der Waals surface area (Å²) in [5.41, 5.74) is 3.53. The summed E-state index contributed by atoms with van der Waals surface area (Å²) in [6, 6.07) is 0. The van der Waals surface area contributed by atoms with Crippen molar-refractivity contribution in [3.8, 4) is 0 Å². The normalized spacial score (nSPS) is 39.8. The third-order valence-corrected chi connectivity index (χ3v) is 10.8. The van der Waals surface area contributed by atoms with Gasteiger partial charge < -0.3 is 19.0 Å². The number of nitrogens with zero attached hydrogens (tertiary/aromatic N) is 2. The first kappa shape index (κ1) is 28.6. The summed E-state index contributed by atoms with van der Waals surface area (Å²) in [7, 11) is 0. The zero-order valence-corrected chi connectivity index (χ0v) is 24.6. The number of oxime groups is 1. The van der Waals surface area contributed by atoms with Gasteiger partial charge in [0, 0.05) is 18.8 Å². The van der Waals surface area contributed by atoms with E-state index in [1.165, 1.54) is 12.5 Å². The predicted molar refractivity (Wildman–Crippen MR) is 147 cm³/mol. The van der Waals surface area contributed by atoms with Crippen molar-refractivity contribution in [1.29, 1.82) is 0 Å². The van der Waals surface area contributed by atoms with E-state index in [0.717, 1.165) is 44.9 Å². The lowest BCUT2D eigenvalue weighted by molar-refractivity contribution is -0.149. The minimum absolute atomic E-state index is 0.0427. The van der Waals surface area contributed by atoms with Gasteiger partial charge in [0.15, 0.2) is 11.3 Å². The third kappa shape index (κ3) is 4.24. The highest BCUT2D eigenvalue weighted by atomic mass is 16.7. The van der Waals surface area contributed by atoms with Gasteiger partial charge in [-0.3, -0.25) is 4.79 Å². The molecule has 0 aromatic rings. The summed E-state index contributed by atoms with van der Waals surface area (Å²) in [5.74, 6) is 0.139. The Bertz CT molecular complexity index is 1160. The fourth-order valence-electron chi connectivity index (χ4n) is 9.15. The van der Waals surface area contributed by atoms with Gasteiger partial charge in [-0.05, 0) is 82.5 Å². The van der Waals surface area contributed by atoms with Crippen molar-refractivity contribution in [1.82, 2.24) is 5.43 Å². The number of carbonyl (C=O) groups is 3. The maximum Gasteiger partial charge on any atom is 0.427 e. The molecule has 4 aliphatic carbocycles. The molecule has 0 bridgehead atoms. The van der Waals surface area contributed by atoms with Crippen LogP contribution in [0.3, 0.4) is 0 Å². The highest BCUT2D eigenvalue weighted by Gasteiger charge is 2.74. The van der Waals surface area contributed by atoms with E-state index in [2.05, 4.69) is 35.6 Å². The number of carbonyl (C=O) groups excluding carboxylic acids is 3. The number of esters is 2. The van der Waals surface area contributed by atoms with Crippen LogP contribution in [-0.4, -0.2) is 54.4 Å². The van der Waals surface area contributed by atoms with E-state index < -0.39 is 17.7 Å². The van der Waals surface area contributed by atoms with Crippen LogP contribution in [-0.2, 0) is 28.6 Å². The molecule has 0 unspecified atom stereocenters. The van der Waals surface area contributed by atoms with Gasteiger partial charge in [0.2, 0.25) is 0 Å². The van der Waals surface area contributed by atoms with E-state index in [9.17, 15) is 14.4 Å². The zero-order valence-electron chi connectivity index (χ0n) is 24.6. The molecule has 220 valence electrons. The van der Waals surface area contributed by atoms with E-state index in [1.54, 1.807) is 13.8 Å². The lowest BCUT2D eigenvalue weighted by atomic mass is 9.46. The average Bonchev–Trinajstić information content (AvgIpc) is 3.41. The van der Waals surface area contributed by atoms with Crippen molar-refractivity contribution in [3.05, 3.63) is 11.6 Å². The van der Waals surface area contributed by atoms with Gasteiger partial charge in [0.05, 0.1) is 24.8 Å². The Morgan fingerprint density at radius 3 is 2.55 bits per heavy atom. The Hall–Kier alpha value is -2.91. The SMILES string of the molecule is CCOC(=O)N/N=C(\C)[C@@]12ON=C(C(=O)OCC)[C@@H]1C[C@@H]1[C@H]3CC=C4C[C@@H](OC(C)=O)CC[C@]4(C)[C@@H]3CC[C@@]12C. The second-order valence-corrected chi connectivity index (χ2v) is 12.5. The maximum absolute atomic E-state index is 13.0. The van der Waals surface area contributed by atoms with E-state index in [0.29, 0.717) is 23.3 Å². The number of ether oxygens (including phenoxy) is 3. The summed E-state index contributed by atoms with van der Waals surface area (Å²) in [6.07, 6.45) is 7.95. The average molecular weight is 558 g/mol. The Morgan fingerprint density at radius 2 is 1.85 bits per heavy atom. The minimum Gasteiger partial charge on any atom is -0.462 e. The fourth-order valence-corrected chi connectivity index (χ4v) is 9.15. The van der Waals surface area contributed by atoms with Gasteiger partial charge >= 0.3 is 18.0 Å². The molecule has 0 spiro atoms. The van der Waals surface area contributed by atoms with Gasteiger partial charge in [0.1, 0.15) is 6.10 Å². The molecule has 0 aromatic heterocycles. The summed E-state index contributed by atoms with van der Waals surface area (Å²) in [5, 5.41) is 8.75. The van der Waals surface area contributed by atoms with Crippen LogP contribution in [0.2, 0.25) is 0 Å². The standard InChI is InChI=1S/C30H43N3O7/c1-7-37-26(35)25-24-16-23-21-10-9-19-15-20(39-18(4)34)11-13-28(19,5)22(21)12-14-29(23,6)30(24,40-33-25)17(3)31-32-27(36)38-8-2/h9,20-24H,7-8,10-16H2,1-6H3,(H,32,36)/b31-17+/t20-,21-,22+,23+,24-,28-,29-,30+/m0/s1. The molecule has 1 heterocycles. The Morgan fingerprint density at radius 1 is 1.10 bits per heavy atom. The number of amides is 1. The summed E-state index contributed by atoms with van der Waals surface area (Å²) >= 11 is 0. The molecule has 5 rings (SSSR count). The molecule has 1 amide bonds. The molecule has 10 heteroatoms. The lowest BCUT2D eigenvalue weighted by Gasteiger charge is -2.58. The maximum atomic E-state index is 13.0. The highest BCUT2D eigenvalue weighted by Crippen LogP contribution is 2.70. The number of fused-ring (bicyclic) bond motifs is 7. The first-order valence-electron chi connectivity index (χ1n) is 14.8. The molecule has 1 aliphatic heterocycles. The van der Waals surface area contributed by atoms with Crippen molar-refractivity contribution in [2.45, 2.75) is 98.2 Å². The van der Waals surface area contributed by atoms with Crippen molar-refractivity contribution in [2.75, 3.05) is 13.2 Å². The van der Waals surface area contributed by atoms with Crippen LogP contribution >= 0.6 is 0 Å². The Labute approximate surface area is 236 Å². The molecule has 0 aromatic carbocycles. The first-order chi connectivity index (χ1) is 19.0. The zero-order chi connectivity index (χ0) is 28.9. The molecule has 3 fully saturated rings. The van der Waals surface area contributed by atoms with Gasteiger partial charge in [-0.25, -0.2) is 15.0 Å². The van der Waals surface area contributed by atoms with E-state index in [-0.39, 0.29) is 48.0 Å². The van der Waals surface area contributed by atoms with Crippen molar-refractivity contribution < 1.29 is 33.4 Å². The summed E-state index contributed by atoms with van der Waals surface area (Å²) in [4.78, 5) is 43.1. The molecule has 5 aliphatic rings. The third-order valence-electron chi connectivity index (χ3n) is 10.8. The van der Waals surface area contributed by atoms with Gasteiger partial charge in [-0.15, -0.1) is 0 Å². The highest BCUT2D eigenvalue weighted by molar-refractivity contribution is 6.38. The van der Waals surface area contributed by atoms with E-state index in [1.807, 2.05) is 6.92 Å². The van der Waals surface area contributed by atoms with Crippen molar-refractivity contribution >= 4 is 29.5 Å². The Balaban J connectivity index is 1.49. The summed E-state index contributed by atoms with van der Waals surface area (Å²) < 4.78 is 16.0. The first-order valence-corrected chi connectivity index (χ1v) is 14.8. The fraction of sp³-hybridized carbons (Fsp3) is 0.767. The second kappa shape index (κ2) is 10.5. The largest absolute Gasteiger partial charge is 0.462 e. The van der Waals surface area contributed by atoms with Crippen molar-refractivity contribution in [3.63, 3.8) is 0 Å². The molecule has 40 heavy (non-hydrogen) atoms. The number of hydrazone groups is 1. The Kier molecular flexibility index (Phi) is 7.50. The van der Waals surface area contributed by atoms with Crippen molar-refractivity contribution in [2.24, 2.45) is 44.8 Å². The quantitative estimate of drug-likeness (QED) is 0.162. The molecule has 0 saturated heterocycles. The molecule has 10 nitrogen and oxygen atoms in total. The van der Waals surface area contributed by atoms with E-state index in [4.69, 9.17) is 19.0 Å². The van der Waals surface area contributed by atoms with Crippen LogP contribution in [0.15, 0.2) is 21.9 Å². The van der Waals surface area contributed by atoms with Crippen LogP contribution < -0.4 is 5.43 Å². The minimum atomic E-state index is -0.970. The van der Waals surface area contributed by atoms with Crippen LogP contribution in [0.4, 0.5) is 4.79 Å². The van der Waals surface area contributed by atoms with Crippen LogP contribution in [0, 0.1) is 34.5 Å². The molecule has 3 saturated carbocycles. The van der Waals surface area contributed by atoms with Gasteiger partial charge in [0.25, 0.3) is 0 Å². The molecule has 1 N–H and O–H groups in total. The second-order valence-electron chi connectivity index (χ2n) is 12.5. The summed E-state index contributed by atoms with van der Waals surface area (Å²) in [6.45, 7) is 12.0. The molecular formula is C30H43N3O7. The lowest BCUT2D eigenvalue weighted by Crippen LogP contribution is -2.59. The predicted octanol–water partition coefficient (Wildman–Crippen LogP) is 4.92. The van der Waals surface area contributed by atoms with Crippen LogP contribution in [0.1, 0.15) is 86.5 Å². The number of rotatable bonds is 6. The van der Waals surface area contributed by atoms with Crippen LogP contribution in [0.25, 0.3) is 0 Å². The number of hydrogen-bond acceptors (Lipinski definition) is 9. The van der Waals surface area contributed by atoms with Crippen LogP contribution in [0.5, 0.6) is 0 Å². The van der Waals surface area contributed by atoms with Gasteiger partial charge in [-0.2, -0.15) is 5.10 Å². The molecule has 0 radical (unpaired) electrons. The smallest absolute Gasteiger partial charge is 0.427 e. The molecule has 8 atom stereocenters. The number of hydrogen-bond donors (Lipinski definition) is 1. The number of nitrogens with one attached hydrogen (secondary N) is 1. The topological polar surface area (TPSA) is 125 Å². The number of allylic oxidation sites excluding steroid dienone is 1. The van der Waals surface area contributed by atoms with Gasteiger partial charge in [-0.1, -0.05) is 30.7 Å². The molecular weight excluding hydrogens is 514 g/mol.